The normalized spacial score (nSPS) is 16.5. The lowest BCUT2D eigenvalue weighted by Gasteiger charge is -2.36. The van der Waals surface area contributed by atoms with Crippen LogP contribution in [0.4, 0.5) is 0 Å². The Kier molecular flexibility index (Phi) is 11.2. The van der Waals surface area contributed by atoms with Gasteiger partial charge in [-0.1, -0.05) is 54.5 Å². The van der Waals surface area contributed by atoms with Crippen LogP contribution in [-0.4, -0.2) is 30.0 Å². The third-order valence-electron chi connectivity index (χ3n) is 4.96. The number of carbonyl (C=O) groups excluding carboxylic acids is 1. The molecule has 0 aliphatic carbocycles. The quantitative estimate of drug-likeness (QED) is 0.282. The van der Waals surface area contributed by atoms with E-state index in [9.17, 15) is 4.79 Å². The van der Waals surface area contributed by atoms with Crippen molar-refractivity contribution in [3.8, 4) is 0 Å². The molecule has 0 saturated carbocycles. The highest BCUT2D eigenvalue weighted by Crippen LogP contribution is 2.29. The molecule has 0 aromatic heterocycles. The molecule has 0 atom stereocenters. The summed E-state index contributed by atoms with van der Waals surface area (Å²) in [5, 5.41) is 4.49. The second-order valence-electron chi connectivity index (χ2n) is 7.37. The summed E-state index contributed by atoms with van der Waals surface area (Å²) in [5.74, 6) is 0.484. The van der Waals surface area contributed by atoms with Gasteiger partial charge in [0.1, 0.15) is 5.60 Å². The zero-order valence-electron chi connectivity index (χ0n) is 15.2. The summed E-state index contributed by atoms with van der Waals surface area (Å²) in [5.41, 5.74) is -0.311. The maximum atomic E-state index is 12.1. The van der Waals surface area contributed by atoms with Gasteiger partial charge in [-0.25, -0.2) is 0 Å². The number of piperidine rings is 1. The first-order chi connectivity index (χ1) is 11.1. The molecule has 1 aliphatic rings. The number of rotatable bonds is 12. The van der Waals surface area contributed by atoms with E-state index in [0.717, 1.165) is 44.1 Å². The number of nitrogens with one attached hydrogen (secondary N) is 1. The van der Waals surface area contributed by atoms with Gasteiger partial charge in [-0.3, -0.25) is 4.79 Å². The van der Waals surface area contributed by atoms with Crippen molar-refractivity contribution in [3.05, 3.63) is 0 Å². The van der Waals surface area contributed by atoms with Crippen molar-refractivity contribution in [2.75, 3.05) is 18.4 Å². The molecular formula is C19H36BrNO2. The summed E-state index contributed by atoms with van der Waals surface area (Å²) >= 11 is 3.47. The van der Waals surface area contributed by atoms with Crippen molar-refractivity contribution in [1.82, 2.24) is 5.32 Å². The highest BCUT2D eigenvalue weighted by molar-refractivity contribution is 9.09. The number of carbonyl (C=O) groups is 1. The lowest BCUT2D eigenvalue weighted by atomic mass is 9.83. The van der Waals surface area contributed by atoms with Gasteiger partial charge in [0.25, 0.3) is 0 Å². The van der Waals surface area contributed by atoms with Crippen LogP contribution in [0.2, 0.25) is 0 Å². The van der Waals surface area contributed by atoms with Gasteiger partial charge in [0, 0.05) is 17.7 Å². The molecule has 23 heavy (non-hydrogen) atoms. The number of alkyl halides is 1. The Hall–Kier alpha value is -0.0900. The largest absolute Gasteiger partial charge is 0.459 e. The number of ether oxygens (including phenoxy) is 1. The van der Waals surface area contributed by atoms with Crippen molar-refractivity contribution in [1.29, 1.82) is 0 Å². The number of esters is 1. The average molecular weight is 390 g/mol. The molecule has 0 spiro atoms. The fourth-order valence-corrected chi connectivity index (χ4v) is 3.77. The van der Waals surface area contributed by atoms with Gasteiger partial charge in [-0.05, 0) is 52.6 Å². The minimum atomic E-state index is -0.311. The number of unbranched alkanes of at least 4 members (excludes halogenated alkanes) is 7. The lowest BCUT2D eigenvalue weighted by Crippen LogP contribution is -2.42. The molecule has 0 aromatic rings. The van der Waals surface area contributed by atoms with Crippen LogP contribution in [-0.2, 0) is 9.53 Å². The van der Waals surface area contributed by atoms with Crippen LogP contribution < -0.4 is 5.32 Å². The molecule has 0 aromatic carbocycles. The summed E-state index contributed by atoms with van der Waals surface area (Å²) < 4.78 is 5.78. The highest BCUT2D eigenvalue weighted by Gasteiger charge is 2.33. The predicted octanol–water partition coefficient (Wildman–Crippen LogP) is 5.21. The van der Waals surface area contributed by atoms with Crippen LogP contribution in [0, 0.1) is 5.92 Å². The fraction of sp³-hybridized carbons (Fsp3) is 0.947. The van der Waals surface area contributed by atoms with Gasteiger partial charge in [-0.2, -0.15) is 0 Å². The van der Waals surface area contributed by atoms with Crippen molar-refractivity contribution in [2.24, 2.45) is 5.92 Å². The van der Waals surface area contributed by atoms with E-state index in [1.807, 2.05) is 0 Å². The predicted molar refractivity (Wildman–Crippen MR) is 101 cm³/mol. The Morgan fingerprint density at radius 2 is 1.52 bits per heavy atom. The number of halogens is 1. The third kappa shape index (κ3) is 9.71. The topological polar surface area (TPSA) is 38.3 Å². The SMILES string of the molecule is CC(C)(OC(=O)CCCCCCCCCCBr)C1CCNCC1. The zero-order chi connectivity index (χ0) is 17.0. The monoisotopic (exact) mass is 389 g/mol. The summed E-state index contributed by atoms with van der Waals surface area (Å²) in [6, 6.07) is 0. The molecule has 0 radical (unpaired) electrons. The van der Waals surface area contributed by atoms with Crippen molar-refractivity contribution >= 4 is 21.9 Å². The van der Waals surface area contributed by atoms with Crippen LogP contribution in [0.3, 0.4) is 0 Å². The Labute approximate surface area is 151 Å². The molecule has 0 unspecified atom stereocenters. The lowest BCUT2D eigenvalue weighted by molar-refractivity contribution is -0.162. The molecule has 1 aliphatic heterocycles. The highest BCUT2D eigenvalue weighted by atomic mass is 79.9. The maximum Gasteiger partial charge on any atom is 0.306 e. The standard InChI is InChI=1S/C19H36BrNO2/c1-19(2,17-12-15-21-16-13-17)23-18(22)11-9-7-5-3-4-6-8-10-14-20/h17,21H,3-16H2,1-2H3. The van der Waals surface area contributed by atoms with Crippen molar-refractivity contribution in [2.45, 2.75) is 90.1 Å². The van der Waals surface area contributed by atoms with E-state index >= 15 is 0 Å². The van der Waals surface area contributed by atoms with Crippen LogP contribution in [0.1, 0.15) is 84.5 Å². The van der Waals surface area contributed by atoms with Gasteiger partial charge in [0.15, 0.2) is 0 Å². The maximum absolute atomic E-state index is 12.1. The molecule has 1 fully saturated rings. The molecule has 0 amide bonds. The molecule has 136 valence electrons. The van der Waals surface area contributed by atoms with E-state index in [-0.39, 0.29) is 11.6 Å². The van der Waals surface area contributed by atoms with Crippen molar-refractivity contribution < 1.29 is 9.53 Å². The van der Waals surface area contributed by atoms with Crippen LogP contribution >= 0.6 is 15.9 Å². The summed E-state index contributed by atoms with van der Waals surface area (Å²) in [6.45, 7) is 6.24. The summed E-state index contributed by atoms with van der Waals surface area (Å²) in [4.78, 5) is 12.1. The van der Waals surface area contributed by atoms with E-state index in [2.05, 4.69) is 35.1 Å². The first-order valence-corrected chi connectivity index (χ1v) is 10.7. The Balaban J connectivity index is 2.03. The molecule has 1 rings (SSSR count). The Morgan fingerprint density at radius 3 is 2.09 bits per heavy atom. The van der Waals surface area contributed by atoms with E-state index in [0.29, 0.717) is 12.3 Å². The average Bonchev–Trinajstić information content (AvgIpc) is 2.54. The summed E-state index contributed by atoms with van der Waals surface area (Å²) in [6.07, 6.45) is 12.8. The van der Waals surface area contributed by atoms with Crippen LogP contribution in [0.25, 0.3) is 0 Å². The van der Waals surface area contributed by atoms with E-state index in [1.54, 1.807) is 0 Å². The first-order valence-electron chi connectivity index (χ1n) is 9.55. The second kappa shape index (κ2) is 12.3. The minimum absolute atomic E-state index is 0.00847. The smallest absolute Gasteiger partial charge is 0.306 e. The molecule has 4 heteroatoms. The minimum Gasteiger partial charge on any atom is -0.459 e. The molecule has 0 bridgehead atoms. The Morgan fingerprint density at radius 1 is 1.00 bits per heavy atom. The molecule has 1 saturated heterocycles. The fourth-order valence-electron chi connectivity index (χ4n) is 3.37. The second-order valence-corrected chi connectivity index (χ2v) is 8.16. The van der Waals surface area contributed by atoms with Gasteiger partial charge >= 0.3 is 5.97 Å². The molecule has 1 N–H and O–H groups in total. The van der Waals surface area contributed by atoms with E-state index in [4.69, 9.17) is 4.74 Å². The van der Waals surface area contributed by atoms with E-state index < -0.39 is 0 Å². The molecular weight excluding hydrogens is 354 g/mol. The van der Waals surface area contributed by atoms with Crippen LogP contribution in [0.15, 0.2) is 0 Å². The van der Waals surface area contributed by atoms with E-state index in [1.165, 1.54) is 38.5 Å². The molecule has 3 nitrogen and oxygen atoms in total. The van der Waals surface area contributed by atoms with Gasteiger partial charge in [0.05, 0.1) is 0 Å². The first kappa shape index (κ1) is 21.0. The van der Waals surface area contributed by atoms with Gasteiger partial charge in [0.2, 0.25) is 0 Å². The number of hydrogen-bond donors (Lipinski definition) is 1. The Bertz CT molecular complexity index is 314. The summed E-state index contributed by atoms with van der Waals surface area (Å²) in [7, 11) is 0. The van der Waals surface area contributed by atoms with Gasteiger partial charge in [-0.15, -0.1) is 0 Å². The zero-order valence-corrected chi connectivity index (χ0v) is 16.8. The number of hydrogen-bond acceptors (Lipinski definition) is 3. The van der Waals surface area contributed by atoms with Gasteiger partial charge < -0.3 is 10.1 Å². The van der Waals surface area contributed by atoms with Crippen LogP contribution in [0.5, 0.6) is 0 Å². The third-order valence-corrected chi connectivity index (χ3v) is 5.52. The van der Waals surface area contributed by atoms with Crippen molar-refractivity contribution in [3.63, 3.8) is 0 Å². The molecule has 1 heterocycles.